The minimum atomic E-state index is 0.552. The smallest absolute Gasteiger partial charge is 0.110 e. The highest BCUT2D eigenvalue weighted by Crippen LogP contribution is 2.31. The highest BCUT2D eigenvalue weighted by atomic mass is 32.1. The largest absolute Gasteiger partial charge is 0.314 e. The van der Waals surface area contributed by atoms with E-state index in [2.05, 4.69) is 27.5 Å². The summed E-state index contributed by atoms with van der Waals surface area (Å²) in [6.07, 6.45) is 7.25. The maximum atomic E-state index is 4.50. The van der Waals surface area contributed by atoms with Gasteiger partial charge in [-0.05, 0) is 44.7 Å². The second-order valence-electron chi connectivity index (χ2n) is 5.63. The fraction of sp³-hybridized carbons (Fsp3) is 0.786. The Morgan fingerprint density at radius 3 is 3.06 bits per heavy atom. The van der Waals surface area contributed by atoms with Crippen molar-refractivity contribution in [2.45, 2.75) is 44.7 Å². The molecule has 2 heterocycles. The van der Waals surface area contributed by atoms with Gasteiger partial charge in [0, 0.05) is 24.2 Å². The highest BCUT2D eigenvalue weighted by Gasteiger charge is 2.30. The Bertz CT molecular complexity index is 361. The zero-order valence-electron chi connectivity index (χ0n) is 11.1. The Hall–Kier alpha value is -0.450. The van der Waals surface area contributed by atoms with Crippen LogP contribution in [0.4, 0.5) is 0 Å². The van der Waals surface area contributed by atoms with Gasteiger partial charge in [-0.2, -0.15) is 0 Å². The molecule has 100 valence electrons. The molecule has 18 heavy (non-hydrogen) atoms. The Balaban J connectivity index is 1.53. The number of hydrogen-bond acceptors (Lipinski definition) is 4. The second kappa shape index (κ2) is 5.68. The van der Waals surface area contributed by atoms with Gasteiger partial charge in [-0.15, -0.1) is 11.3 Å². The molecule has 0 radical (unpaired) electrons. The van der Waals surface area contributed by atoms with E-state index in [1.54, 1.807) is 11.3 Å². The molecule has 1 aromatic heterocycles. The molecule has 3 nitrogen and oxygen atoms in total. The van der Waals surface area contributed by atoms with Gasteiger partial charge in [0.15, 0.2) is 0 Å². The van der Waals surface area contributed by atoms with Gasteiger partial charge in [-0.3, -0.25) is 4.90 Å². The zero-order valence-corrected chi connectivity index (χ0v) is 12.0. The van der Waals surface area contributed by atoms with Gasteiger partial charge >= 0.3 is 0 Å². The molecule has 1 N–H and O–H groups in total. The normalized spacial score (nSPS) is 26.6. The maximum absolute atomic E-state index is 4.50. The Labute approximate surface area is 114 Å². The molecule has 2 unspecified atom stereocenters. The summed E-state index contributed by atoms with van der Waals surface area (Å²) < 4.78 is 0. The van der Waals surface area contributed by atoms with Crippen LogP contribution in [-0.4, -0.2) is 35.6 Å². The molecule has 0 aromatic carbocycles. The second-order valence-corrected chi connectivity index (χ2v) is 6.55. The van der Waals surface area contributed by atoms with Crippen molar-refractivity contribution >= 4 is 11.3 Å². The fourth-order valence-electron chi connectivity index (χ4n) is 2.92. The zero-order chi connectivity index (χ0) is 12.4. The van der Waals surface area contributed by atoms with Crippen molar-refractivity contribution < 1.29 is 0 Å². The summed E-state index contributed by atoms with van der Waals surface area (Å²) >= 11 is 1.80. The molecule has 1 saturated carbocycles. The number of likely N-dealkylation sites (tertiary alicyclic amines) is 1. The van der Waals surface area contributed by atoms with Gasteiger partial charge in [0.05, 0.1) is 6.04 Å². The molecule has 4 heteroatoms. The molecular weight excluding hydrogens is 242 g/mol. The summed E-state index contributed by atoms with van der Waals surface area (Å²) in [4.78, 5) is 7.14. The molecule has 2 aliphatic rings. The lowest BCUT2D eigenvalue weighted by Crippen LogP contribution is -2.29. The molecule has 0 bridgehead atoms. The molecule has 2 fully saturated rings. The molecule has 0 spiro atoms. The van der Waals surface area contributed by atoms with Crippen LogP contribution in [0.2, 0.25) is 0 Å². The minimum Gasteiger partial charge on any atom is -0.314 e. The number of nitrogens with zero attached hydrogens (tertiary/aromatic N) is 2. The highest BCUT2D eigenvalue weighted by molar-refractivity contribution is 7.09. The lowest BCUT2D eigenvalue weighted by molar-refractivity contribution is 0.229. The van der Waals surface area contributed by atoms with Crippen molar-refractivity contribution in [3.8, 4) is 0 Å². The van der Waals surface area contributed by atoms with E-state index < -0.39 is 0 Å². The van der Waals surface area contributed by atoms with Gasteiger partial charge in [-0.25, -0.2) is 4.98 Å². The number of rotatable bonds is 6. The summed E-state index contributed by atoms with van der Waals surface area (Å²) in [5.41, 5.74) is 0. The van der Waals surface area contributed by atoms with Crippen LogP contribution in [0, 0.1) is 5.92 Å². The van der Waals surface area contributed by atoms with Crippen LogP contribution in [0.3, 0.4) is 0 Å². The Morgan fingerprint density at radius 1 is 1.50 bits per heavy atom. The SMILES string of the molecule is CCC(c1nccs1)N1CCC(CNC2CC2)C1. The molecule has 1 aromatic rings. The monoisotopic (exact) mass is 265 g/mol. The van der Waals surface area contributed by atoms with Gasteiger partial charge in [-0.1, -0.05) is 6.92 Å². The van der Waals surface area contributed by atoms with Crippen LogP contribution in [0.5, 0.6) is 0 Å². The first-order chi connectivity index (χ1) is 8.86. The standard InChI is InChI=1S/C14H23N3S/c1-2-13(14-15-6-8-18-14)17-7-5-11(10-17)9-16-12-3-4-12/h6,8,11-13,16H,2-5,7,9-10H2,1H3. The van der Waals surface area contributed by atoms with Gasteiger partial charge < -0.3 is 5.32 Å². The number of hydrogen-bond donors (Lipinski definition) is 1. The van der Waals surface area contributed by atoms with Crippen molar-refractivity contribution in [3.05, 3.63) is 16.6 Å². The van der Waals surface area contributed by atoms with Crippen LogP contribution < -0.4 is 5.32 Å². The predicted molar refractivity (Wildman–Crippen MR) is 75.9 cm³/mol. The van der Waals surface area contributed by atoms with E-state index in [1.807, 2.05) is 6.20 Å². The van der Waals surface area contributed by atoms with E-state index in [4.69, 9.17) is 0 Å². The average molecular weight is 265 g/mol. The Kier molecular flexibility index (Phi) is 3.97. The summed E-state index contributed by atoms with van der Waals surface area (Å²) in [5, 5.41) is 7.07. The van der Waals surface area contributed by atoms with Crippen molar-refractivity contribution in [1.82, 2.24) is 15.2 Å². The van der Waals surface area contributed by atoms with Crippen LogP contribution in [0.15, 0.2) is 11.6 Å². The first kappa shape index (κ1) is 12.6. The van der Waals surface area contributed by atoms with Gasteiger partial charge in [0.2, 0.25) is 0 Å². The van der Waals surface area contributed by atoms with Crippen LogP contribution >= 0.6 is 11.3 Å². The van der Waals surface area contributed by atoms with Crippen LogP contribution in [-0.2, 0) is 0 Å². The van der Waals surface area contributed by atoms with E-state index in [9.17, 15) is 0 Å². The summed E-state index contributed by atoms with van der Waals surface area (Å²) in [6.45, 7) is 5.99. The minimum absolute atomic E-state index is 0.552. The van der Waals surface area contributed by atoms with E-state index in [0.29, 0.717) is 6.04 Å². The van der Waals surface area contributed by atoms with Crippen molar-refractivity contribution in [2.75, 3.05) is 19.6 Å². The number of thiazole rings is 1. The average Bonchev–Trinajstić information content (AvgIpc) is 2.89. The van der Waals surface area contributed by atoms with Crippen LogP contribution in [0.1, 0.15) is 43.7 Å². The van der Waals surface area contributed by atoms with Crippen molar-refractivity contribution in [1.29, 1.82) is 0 Å². The number of aromatic nitrogens is 1. The molecule has 2 atom stereocenters. The van der Waals surface area contributed by atoms with Crippen molar-refractivity contribution in [2.24, 2.45) is 5.92 Å². The topological polar surface area (TPSA) is 28.2 Å². The third kappa shape index (κ3) is 2.92. The molecule has 1 aliphatic heterocycles. The van der Waals surface area contributed by atoms with E-state index in [1.165, 1.54) is 50.3 Å². The lowest BCUT2D eigenvalue weighted by atomic mass is 10.1. The van der Waals surface area contributed by atoms with Crippen molar-refractivity contribution in [3.63, 3.8) is 0 Å². The summed E-state index contributed by atoms with van der Waals surface area (Å²) in [6, 6.07) is 1.40. The summed E-state index contributed by atoms with van der Waals surface area (Å²) in [5.74, 6) is 0.847. The third-order valence-electron chi connectivity index (χ3n) is 4.15. The quantitative estimate of drug-likeness (QED) is 0.857. The Morgan fingerprint density at radius 2 is 2.39 bits per heavy atom. The molecule has 0 amide bonds. The predicted octanol–water partition coefficient (Wildman–Crippen LogP) is 2.67. The van der Waals surface area contributed by atoms with E-state index in [0.717, 1.165) is 12.0 Å². The molecular formula is C14H23N3S. The molecule has 1 aliphatic carbocycles. The first-order valence-electron chi connectivity index (χ1n) is 7.23. The molecule has 1 saturated heterocycles. The molecule has 3 rings (SSSR count). The maximum Gasteiger partial charge on any atom is 0.110 e. The van der Waals surface area contributed by atoms with E-state index >= 15 is 0 Å². The summed E-state index contributed by atoms with van der Waals surface area (Å²) in [7, 11) is 0. The number of nitrogens with one attached hydrogen (secondary N) is 1. The fourth-order valence-corrected chi connectivity index (χ4v) is 3.78. The first-order valence-corrected chi connectivity index (χ1v) is 8.11. The van der Waals surface area contributed by atoms with Gasteiger partial charge in [0.25, 0.3) is 0 Å². The third-order valence-corrected chi connectivity index (χ3v) is 5.03. The van der Waals surface area contributed by atoms with E-state index in [-0.39, 0.29) is 0 Å². The lowest BCUT2D eigenvalue weighted by Gasteiger charge is -2.25. The van der Waals surface area contributed by atoms with Crippen LogP contribution in [0.25, 0.3) is 0 Å². The van der Waals surface area contributed by atoms with Gasteiger partial charge in [0.1, 0.15) is 5.01 Å².